The molecule has 1 heterocycles. The molecule has 1 N–H and O–H groups in total. The number of nitrogens with zero attached hydrogens (tertiary/aromatic N) is 2. The van der Waals surface area contributed by atoms with Crippen molar-refractivity contribution < 1.29 is 0 Å². The van der Waals surface area contributed by atoms with Crippen molar-refractivity contribution in [3.8, 4) is 0 Å². The summed E-state index contributed by atoms with van der Waals surface area (Å²) in [6, 6.07) is 0.277. The van der Waals surface area contributed by atoms with Crippen LogP contribution in [0.15, 0.2) is 11.0 Å². The molecule has 0 aliphatic rings. The fraction of sp³-hybridized carbons (Fsp3) is 0.600. The van der Waals surface area contributed by atoms with Gasteiger partial charge in [-0.2, -0.15) is 16.9 Å². The van der Waals surface area contributed by atoms with Gasteiger partial charge in [0.05, 0.1) is 11.9 Å². The van der Waals surface area contributed by atoms with Gasteiger partial charge in [-0.3, -0.25) is 4.79 Å². The number of nitrogens with one attached hydrogen (secondary N) is 1. The Bertz CT molecular complexity index is 408. The first kappa shape index (κ1) is 13.4. The van der Waals surface area contributed by atoms with E-state index in [2.05, 4.69) is 23.6 Å². The maximum Gasteiger partial charge on any atom is 0.287 e. The van der Waals surface area contributed by atoms with Gasteiger partial charge in [0, 0.05) is 13.1 Å². The normalized spacial score (nSPS) is 12.5. The summed E-state index contributed by atoms with van der Waals surface area (Å²) in [5.74, 6) is 1.07. The second-order valence-corrected chi connectivity index (χ2v) is 4.99. The third-order valence-corrected chi connectivity index (χ3v) is 3.24. The molecule has 0 amide bonds. The molecule has 90 valence electrons. The Kier molecular flexibility index (Phi) is 5.15. The van der Waals surface area contributed by atoms with Gasteiger partial charge in [0.1, 0.15) is 5.02 Å². The highest BCUT2D eigenvalue weighted by Gasteiger charge is 2.09. The lowest BCUT2D eigenvalue weighted by atomic mass is 10.2. The van der Waals surface area contributed by atoms with Crippen LogP contribution in [-0.4, -0.2) is 27.8 Å². The minimum Gasteiger partial charge on any atom is -0.380 e. The predicted molar refractivity (Wildman–Crippen MR) is 70.6 cm³/mol. The topological polar surface area (TPSA) is 46.9 Å². The molecule has 4 nitrogen and oxygen atoms in total. The van der Waals surface area contributed by atoms with Gasteiger partial charge in [0.15, 0.2) is 0 Å². The van der Waals surface area contributed by atoms with Crippen molar-refractivity contribution in [3.05, 3.63) is 21.6 Å². The number of halogens is 1. The molecule has 0 bridgehead atoms. The lowest BCUT2D eigenvalue weighted by molar-refractivity contribution is 0.703. The van der Waals surface area contributed by atoms with E-state index in [1.54, 1.807) is 25.0 Å². The average Bonchev–Trinajstić information content (AvgIpc) is 2.27. The largest absolute Gasteiger partial charge is 0.380 e. The summed E-state index contributed by atoms with van der Waals surface area (Å²) < 4.78 is 1.22. The van der Waals surface area contributed by atoms with Crippen LogP contribution in [0.2, 0.25) is 5.02 Å². The summed E-state index contributed by atoms with van der Waals surface area (Å²) in [6.07, 6.45) is 4.67. The van der Waals surface area contributed by atoms with Crippen LogP contribution in [0.1, 0.15) is 13.3 Å². The predicted octanol–water partition coefficient (Wildman–Crippen LogP) is 1.99. The Morgan fingerprint density at radius 1 is 1.69 bits per heavy atom. The SMILES string of the molecule is CSCCC(C)Nc1cnn(C)c(=O)c1Cl. The van der Waals surface area contributed by atoms with Gasteiger partial charge in [0.2, 0.25) is 0 Å². The fourth-order valence-corrected chi connectivity index (χ4v) is 2.06. The first-order valence-corrected chi connectivity index (χ1v) is 6.80. The van der Waals surface area contributed by atoms with Crippen molar-refractivity contribution in [3.63, 3.8) is 0 Å². The van der Waals surface area contributed by atoms with E-state index in [9.17, 15) is 4.79 Å². The number of anilines is 1. The van der Waals surface area contributed by atoms with Crippen LogP contribution in [0.3, 0.4) is 0 Å². The second-order valence-electron chi connectivity index (χ2n) is 3.63. The summed E-state index contributed by atoms with van der Waals surface area (Å²) in [4.78, 5) is 11.5. The van der Waals surface area contributed by atoms with Crippen LogP contribution >= 0.6 is 23.4 Å². The Balaban J connectivity index is 2.74. The van der Waals surface area contributed by atoms with E-state index in [-0.39, 0.29) is 16.6 Å². The zero-order chi connectivity index (χ0) is 12.1. The number of aryl methyl sites for hydroxylation is 1. The highest BCUT2D eigenvalue weighted by molar-refractivity contribution is 7.98. The Morgan fingerprint density at radius 2 is 2.38 bits per heavy atom. The molecule has 0 spiro atoms. The number of aromatic nitrogens is 2. The molecule has 1 unspecified atom stereocenters. The number of hydrogen-bond acceptors (Lipinski definition) is 4. The third kappa shape index (κ3) is 3.42. The molecule has 6 heteroatoms. The Hall–Kier alpha value is -0.680. The molecule has 1 rings (SSSR count). The van der Waals surface area contributed by atoms with E-state index in [1.165, 1.54) is 4.68 Å². The first-order valence-electron chi connectivity index (χ1n) is 5.03. The molecule has 0 saturated heterocycles. The van der Waals surface area contributed by atoms with Crippen molar-refractivity contribution in [1.82, 2.24) is 9.78 Å². The maximum atomic E-state index is 11.5. The van der Waals surface area contributed by atoms with Crippen LogP contribution in [-0.2, 0) is 7.05 Å². The van der Waals surface area contributed by atoms with Crippen LogP contribution in [0.5, 0.6) is 0 Å². The monoisotopic (exact) mass is 261 g/mol. The lowest BCUT2D eigenvalue weighted by Crippen LogP contribution is -2.23. The van der Waals surface area contributed by atoms with Gasteiger partial charge < -0.3 is 5.32 Å². The molecule has 0 fully saturated rings. The summed E-state index contributed by atoms with van der Waals surface area (Å²) >= 11 is 7.73. The van der Waals surface area contributed by atoms with E-state index in [1.807, 2.05) is 0 Å². The minimum absolute atomic E-state index is 0.202. The highest BCUT2D eigenvalue weighted by atomic mass is 35.5. The Labute approximate surface area is 104 Å². The van der Waals surface area contributed by atoms with Gasteiger partial charge in [-0.1, -0.05) is 11.6 Å². The smallest absolute Gasteiger partial charge is 0.287 e. The molecule has 0 radical (unpaired) electrons. The summed E-state index contributed by atoms with van der Waals surface area (Å²) in [6.45, 7) is 2.06. The van der Waals surface area contributed by atoms with Crippen molar-refractivity contribution in [1.29, 1.82) is 0 Å². The molecule has 0 aromatic carbocycles. The number of thioether (sulfide) groups is 1. The summed E-state index contributed by atoms with van der Waals surface area (Å²) in [5, 5.41) is 7.32. The van der Waals surface area contributed by atoms with E-state index >= 15 is 0 Å². The van der Waals surface area contributed by atoms with Crippen molar-refractivity contribution in [2.24, 2.45) is 7.05 Å². The van der Waals surface area contributed by atoms with E-state index in [0.717, 1.165) is 12.2 Å². The molecule has 0 aliphatic carbocycles. The van der Waals surface area contributed by atoms with Crippen LogP contribution < -0.4 is 10.9 Å². The van der Waals surface area contributed by atoms with Crippen LogP contribution in [0, 0.1) is 0 Å². The minimum atomic E-state index is -0.274. The maximum absolute atomic E-state index is 11.5. The first-order chi connectivity index (χ1) is 7.56. The average molecular weight is 262 g/mol. The molecule has 1 atom stereocenters. The lowest BCUT2D eigenvalue weighted by Gasteiger charge is -2.15. The van der Waals surface area contributed by atoms with Gasteiger partial charge in [-0.05, 0) is 25.4 Å². The van der Waals surface area contributed by atoms with Crippen molar-refractivity contribution in [2.45, 2.75) is 19.4 Å². The fourth-order valence-electron chi connectivity index (χ4n) is 1.24. The van der Waals surface area contributed by atoms with Crippen LogP contribution in [0.4, 0.5) is 5.69 Å². The summed E-state index contributed by atoms with van der Waals surface area (Å²) in [5.41, 5.74) is 0.335. The highest BCUT2D eigenvalue weighted by Crippen LogP contribution is 2.17. The van der Waals surface area contributed by atoms with Crippen molar-refractivity contribution in [2.75, 3.05) is 17.3 Å². The van der Waals surface area contributed by atoms with Crippen LogP contribution in [0.25, 0.3) is 0 Å². The molecular formula is C10H16ClN3OS. The quantitative estimate of drug-likeness (QED) is 0.881. The molecule has 1 aromatic rings. The van der Waals surface area contributed by atoms with Crippen molar-refractivity contribution >= 4 is 29.1 Å². The standard InChI is InChI=1S/C10H16ClN3OS/c1-7(4-5-16-3)13-8-6-12-14(2)10(15)9(8)11/h6-7,13H,4-5H2,1-3H3. The van der Waals surface area contributed by atoms with Gasteiger partial charge in [-0.25, -0.2) is 4.68 Å². The zero-order valence-corrected chi connectivity index (χ0v) is 11.2. The van der Waals surface area contributed by atoms with Gasteiger partial charge in [-0.15, -0.1) is 0 Å². The van der Waals surface area contributed by atoms with E-state index < -0.39 is 0 Å². The second kappa shape index (κ2) is 6.15. The van der Waals surface area contributed by atoms with E-state index in [0.29, 0.717) is 5.69 Å². The number of hydrogen-bond donors (Lipinski definition) is 1. The molecule has 0 saturated carbocycles. The summed E-state index contributed by atoms with van der Waals surface area (Å²) in [7, 11) is 1.58. The third-order valence-electron chi connectivity index (χ3n) is 2.24. The van der Waals surface area contributed by atoms with Gasteiger partial charge >= 0.3 is 0 Å². The zero-order valence-electron chi connectivity index (χ0n) is 9.66. The molecular weight excluding hydrogens is 246 g/mol. The number of rotatable bonds is 5. The Morgan fingerprint density at radius 3 is 3.00 bits per heavy atom. The van der Waals surface area contributed by atoms with E-state index in [4.69, 9.17) is 11.6 Å². The van der Waals surface area contributed by atoms with Gasteiger partial charge in [0.25, 0.3) is 5.56 Å². The molecule has 1 aromatic heterocycles. The molecule has 16 heavy (non-hydrogen) atoms. The molecule has 0 aliphatic heterocycles.